The summed E-state index contributed by atoms with van der Waals surface area (Å²) in [6.45, 7) is 4.14. The first-order valence-electron chi connectivity index (χ1n) is 4.34. The molecule has 1 heteroatoms. The van der Waals surface area contributed by atoms with Crippen LogP contribution in [0.3, 0.4) is 0 Å². The van der Waals surface area contributed by atoms with Crippen molar-refractivity contribution in [2.45, 2.75) is 13.8 Å². The summed E-state index contributed by atoms with van der Waals surface area (Å²) in [6, 6.07) is 4.92. The third-order valence-corrected chi connectivity index (χ3v) is 2.27. The van der Waals surface area contributed by atoms with Crippen LogP contribution in [0.25, 0.3) is 11.6 Å². The Hall–Kier alpha value is -1.37. The summed E-state index contributed by atoms with van der Waals surface area (Å²) in [7, 11) is 0. The molecule has 13 heavy (non-hydrogen) atoms. The zero-order valence-electron chi connectivity index (χ0n) is 7.76. The van der Waals surface area contributed by atoms with E-state index >= 15 is 0 Å². The molecular formula is C12H11F. The van der Waals surface area contributed by atoms with Crippen LogP contribution < -0.4 is 0 Å². The second kappa shape index (κ2) is 2.84. The fourth-order valence-electron chi connectivity index (χ4n) is 1.62. The minimum Gasteiger partial charge on any atom is -0.207 e. The van der Waals surface area contributed by atoms with E-state index in [0.717, 1.165) is 11.1 Å². The van der Waals surface area contributed by atoms with E-state index in [-0.39, 0.29) is 5.82 Å². The molecule has 0 saturated carbocycles. The largest absolute Gasteiger partial charge is 0.207 e. The summed E-state index contributed by atoms with van der Waals surface area (Å²) in [5.74, 6) is -0.168. The standard InChI is InChI=1S/C12H11F/c1-8(2)11-5-3-9-7-10(13)4-6-12(9)11/h3-7H,1-2H3. The zero-order valence-corrected chi connectivity index (χ0v) is 7.76. The molecule has 0 heterocycles. The van der Waals surface area contributed by atoms with Gasteiger partial charge in [-0.15, -0.1) is 0 Å². The first kappa shape index (κ1) is 8.24. The van der Waals surface area contributed by atoms with Gasteiger partial charge in [-0.3, -0.25) is 0 Å². The minimum atomic E-state index is -0.168. The van der Waals surface area contributed by atoms with E-state index in [1.165, 1.54) is 17.2 Å². The number of benzene rings is 1. The average Bonchev–Trinajstić information content (AvgIpc) is 2.46. The molecule has 0 aromatic heterocycles. The van der Waals surface area contributed by atoms with Crippen molar-refractivity contribution in [3.63, 3.8) is 0 Å². The van der Waals surface area contributed by atoms with Crippen molar-refractivity contribution in [2.24, 2.45) is 0 Å². The third-order valence-electron chi connectivity index (χ3n) is 2.27. The first-order valence-corrected chi connectivity index (χ1v) is 4.34. The SMILES string of the molecule is CC(C)=C1C=Cc2cc(F)ccc21. The molecule has 0 N–H and O–H groups in total. The molecule has 0 bridgehead atoms. The molecule has 1 aromatic carbocycles. The predicted octanol–water partition coefficient (Wildman–Crippen LogP) is 3.65. The minimum absolute atomic E-state index is 0.168. The summed E-state index contributed by atoms with van der Waals surface area (Å²) < 4.78 is 12.8. The highest BCUT2D eigenvalue weighted by Gasteiger charge is 2.11. The molecule has 1 aliphatic carbocycles. The lowest BCUT2D eigenvalue weighted by molar-refractivity contribution is 0.627. The van der Waals surface area contributed by atoms with E-state index in [4.69, 9.17) is 0 Å². The Kier molecular flexibility index (Phi) is 1.80. The molecule has 0 atom stereocenters. The van der Waals surface area contributed by atoms with Gasteiger partial charge in [-0.2, -0.15) is 0 Å². The van der Waals surface area contributed by atoms with Crippen LogP contribution >= 0.6 is 0 Å². The maximum absolute atomic E-state index is 12.8. The van der Waals surface area contributed by atoms with Gasteiger partial charge in [0.2, 0.25) is 0 Å². The van der Waals surface area contributed by atoms with Gasteiger partial charge in [0, 0.05) is 0 Å². The van der Waals surface area contributed by atoms with Gasteiger partial charge >= 0.3 is 0 Å². The topological polar surface area (TPSA) is 0 Å². The van der Waals surface area contributed by atoms with Crippen LogP contribution in [0.1, 0.15) is 25.0 Å². The molecule has 1 aromatic rings. The number of rotatable bonds is 0. The van der Waals surface area contributed by atoms with Gasteiger partial charge in [0.15, 0.2) is 0 Å². The third kappa shape index (κ3) is 1.31. The van der Waals surface area contributed by atoms with E-state index in [1.807, 2.05) is 18.2 Å². The fourth-order valence-corrected chi connectivity index (χ4v) is 1.62. The van der Waals surface area contributed by atoms with E-state index in [1.54, 1.807) is 6.07 Å². The Morgan fingerprint density at radius 2 is 1.92 bits per heavy atom. The maximum Gasteiger partial charge on any atom is 0.123 e. The molecule has 0 aliphatic heterocycles. The van der Waals surface area contributed by atoms with Crippen molar-refractivity contribution in [1.82, 2.24) is 0 Å². The summed E-state index contributed by atoms with van der Waals surface area (Å²) in [6.07, 6.45) is 4.00. The van der Waals surface area contributed by atoms with Crippen LogP contribution in [0.4, 0.5) is 4.39 Å². The number of fused-ring (bicyclic) bond motifs is 1. The molecule has 1 aliphatic rings. The highest BCUT2D eigenvalue weighted by molar-refractivity contribution is 5.90. The number of allylic oxidation sites excluding steroid dienone is 3. The molecule has 2 rings (SSSR count). The Labute approximate surface area is 77.4 Å². The van der Waals surface area contributed by atoms with Crippen LogP contribution in [-0.4, -0.2) is 0 Å². The van der Waals surface area contributed by atoms with Crippen LogP contribution in [-0.2, 0) is 0 Å². The second-order valence-corrected chi connectivity index (χ2v) is 3.48. The first-order chi connectivity index (χ1) is 6.18. The monoisotopic (exact) mass is 174 g/mol. The molecule has 0 amide bonds. The lowest BCUT2D eigenvalue weighted by Crippen LogP contribution is -1.84. The van der Waals surface area contributed by atoms with Crippen LogP contribution in [0.15, 0.2) is 29.8 Å². The number of hydrogen-bond acceptors (Lipinski definition) is 0. The summed E-state index contributed by atoms with van der Waals surface area (Å²) >= 11 is 0. The Balaban J connectivity index is 2.63. The van der Waals surface area contributed by atoms with Gasteiger partial charge < -0.3 is 0 Å². The lowest BCUT2D eigenvalue weighted by atomic mass is 10.0. The predicted molar refractivity (Wildman–Crippen MR) is 53.7 cm³/mol. The van der Waals surface area contributed by atoms with Crippen molar-refractivity contribution < 1.29 is 4.39 Å². The quantitative estimate of drug-likeness (QED) is 0.563. The Morgan fingerprint density at radius 3 is 2.62 bits per heavy atom. The molecule has 0 radical (unpaired) electrons. The van der Waals surface area contributed by atoms with Crippen molar-refractivity contribution in [1.29, 1.82) is 0 Å². The van der Waals surface area contributed by atoms with E-state index in [9.17, 15) is 4.39 Å². The number of hydrogen-bond donors (Lipinski definition) is 0. The van der Waals surface area contributed by atoms with E-state index in [0.29, 0.717) is 0 Å². The highest BCUT2D eigenvalue weighted by atomic mass is 19.1. The molecule has 0 fully saturated rings. The van der Waals surface area contributed by atoms with Gasteiger partial charge in [-0.25, -0.2) is 4.39 Å². The zero-order chi connectivity index (χ0) is 9.42. The van der Waals surface area contributed by atoms with Gasteiger partial charge in [-0.05, 0) is 42.7 Å². The second-order valence-electron chi connectivity index (χ2n) is 3.48. The summed E-state index contributed by atoms with van der Waals surface area (Å²) in [5.41, 5.74) is 4.61. The number of halogens is 1. The molecule has 0 saturated heterocycles. The Bertz CT molecular complexity index is 407. The van der Waals surface area contributed by atoms with Gasteiger partial charge in [0.25, 0.3) is 0 Å². The van der Waals surface area contributed by atoms with Crippen molar-refractivity contribution >= 4 is 11.6 Å². The van der Waals surface area contributed by atoms with Crippen molar-refractivity contribution in [3.05, 3.63) is 46.8 Å². The van der Waals surface area contributed by atoms with E-state index < -0.39 is 0 Å². The van der Waals surface area contributed by atoms with Crippen molar-refractivity contribution in [2.75, 3.05) is 0 Å². The molecular weight excluding hydrogens is 163 g/mol. The van der Waals surface area contributed by atoms with Gasteiger partial charge in [-0.1, -0.05) is 23.8 Å². The smallest absolute Gasteiger partial charge is 0.123 e. The van der Waals surface area contributed by atoms with Crippen LogP contribution in [0, 0.1) is 5.82 Å². The Morgan fingerprint density at radius 1 is 1.15 bits per heavy atom. The van der Waals surface area contributed by atoms with Crippen LogP contribution in [0.2, 0.25) is 0 Å². The molecule has 0 unspecified atom stereocenters. The van der Waals surface area contributed by atoms with Crippen LogP contribution in [0.5, 0.6) is 0 Å². The van der Waals surface area contributed by atoms with Gasteiger partial charge in [0.1, 0.15) is 5.82 Å². The molecule has 0 nitrogen and oxygen atoms in total. The summed E-state index contributed by atoms with van der Waals surface area (Å²) in [5, 5.41) is 0. The average molecular weight is 174 g/mol. The summed E-state index contributed by atoms with van der Waals surface area (Å²) in [4.78, 5) is 0. The molecule has 0 spiro atoms. The normalized spacial score (nSPS) is 13.3. The van der Waals surface area contributed by atoms with Crippen molar-refractivity contribution in [3.8, 4) is 0 Å². The molecule has 66 valence electrons. The fraction of sp³-hybridized carbons (Fsp3) is 0.167. The highest BCUT2D eigenvalue weighted by Crippen LogP contribution is 2.31. The van der Waals surface area contributed by atoms with E-state index in [2.05, 4.69) is 13.8 Å². The maximum atomic E-state index is 12.8. The lowest BCUT2D eigenvalue weighted by Gasteiger charge is -2.02. The van der Waals surface area contributed by atoms with Gasteiger partial charge in [0.05, 0.1) is 0 Å².